The molecule has 1 atom stereocenters. The van der Waals surface area contributed by atoms with Gasteiger partial charge in [-0.3, -0.25) is 4.90 Å². The molecule has 2 heteroatoms. The summed E-state index contributed by atoms with van der Waals surface area (Å²) >= 11 is 0. The van der Waals surface area contributed by atoms with Gasteiger partial charge >= 0.3 is 0 Å². The molecular weight excluding hydrogens is 258 g/mol. The number of likely N-dealkylation sites (tertiary alicyclic amines) is 1. The van der Waals surface area contributed by atoms with Crippen LogP contribution in [0.2, 0.25) is 0 Å². The third-order valence-electron chi connectivity index (χ3n) is 4.16. The van der Waals surface area contributed by atoms with E-state index in [1.165, 1.54) is 24.1 Å². The monoisotopic (exact) mass is 281 g/mol. The minimum absolute atomic E-state index is 0.310. The van der Waals surface area contributed by atoms with E-state index in [9.17, 15) is 0 Å². The Kier molecular flexibility index (Phi) is 4.56. The highest BCUT2D eigenvalue weighted by atomic mass is 16.5. The van der Waals surface area contributed by atoms with Crippen molar-refractivity contribution in [3.05, 3.63) is 65.7 Å². The summed E-state index contributed by atoms with van der Waals surface area (Å²) in [4.78, 5) is 2.51. The molecule has 1 aliphatic heterocycles. The van der Waals surface area contributed by atoms with Gasteiger partial charge < -0.3 is 4.74 Å². The molecule has 0 N–H and O–H groups in total. The fourth-order valence-electron chi connectivity index (χ4n) is 2.97. The standard InChI is InChI=1S/C19H23NO/c1-16-8-5-6-9-17(16)14-20-13-7-12-19(15-20)21-18-10-3-2-4-11-18/h2-6,8-11,19H,7,12-15H2,1H3/t19-/m0/s1. The molecule has 2 aromatic rings. The molecule has 1 aliphatic rings. The Labute approximate surface area is 127 Å². The number of ether oxygens (including phenoxy) is 1. The average Bonchev–Trinajstić information content (AvgIpc) is 2.51. The second kappa shape index (κ2) is 6.77. The topological polar surface area (TPSA) is 12.5 Å². The SMILES string of the molecule is Cc1ccccc1CN1CCC[C@H](Oc2ccccc2)C1. The van der Waals surface area contributed by atoms with Crippen LogP contribution < -0.4 is 4.74 Å². The fraction of sp³-hybridized carbons (Fsp3) is 0.368. The number of para-hydroxylation sites is 1. The van der Waals surface area contributed by atoms with Crippen LogP contribution in [0.25, 0.3) is 0 Å². The summed E-state index contributed by atoms with van der Waals surface area (Å²) in [5.74, 6) is 0.986. The van der Waals surface area contributed by atoms with Gasteiger partial charge in [-0.15, -0.1) is 0 Å². The summed E-state index contributed by atoms with van der Waals surface area (Å²) < 4.78 is 6.11. The third kappa shape index (κ3) is 3.85. The zero-order valence-electron chi connectivity index (χ0n) is 12.7. The molecule has 0 radical (unpaired) electrons. The number of benzene rings is 2. The lowest BCUT2D eigenvalue weighted by Gasteiger charge is -2.33. The first-order valence-electron chi connectivity index (χ1n) is 7.80. The number of nitrogens with zero attached hydrogens (tertiary/aromatic N) is 1. The Morgan fingerprint density at radius 3 is 2.62 bits per heavy atom. The molecule has 0 aliphatic carbocycles. The van der Waals surface area contributed by atoms with Crippen LogP contribution >= 0.6 is 0 Å². The summed E-state index contributed by atoms with van der Waals surface area (Å²) in [5, 5.41) is 0. The van der Waals surface area contributed by atoms with Crippen LogP contribution in [0.3, 0.4) is 0 Å². The van der Waals surface area contributed by atoms with Crippen molar-refractivity contribution in [2.24, 2.45) is 0 Å². The molecule has 1 fully saturated rings. The second-order valence-electron chi connectivity index (χ2n) is 5.86. The molecule has 0 unspecified atom stereocenters. The van der Waals surface area contributed by atoms with Crippen molar-refractivity contribution in [3.8, 4) is 5.75 Å². The number of piperidine rings is 1. The van der Waals surface area contributed by atoms with E-state index in [1.807, 2.05) is 30.3 Å². The number of rotatable bonds is 4. The van der Waals surface area contributed by atoms with Crippen LogP contribution in [0.1, 0.15) is 24.0 Å². The predicted octanol–water partition coefficient (Wildman–Crippen LogP) is 4.04. The minimum atomic E-state index is 0.310. The maximum absolute atomic E-state index is 6.11. The summed E-state index contributed by atoms with van der Waals surface area (Å²) in [6, 6.07) is 18.8. The predicted molar refractivity (Wildman–Crippen MR) is 86.5 cm³/mol. The normalized spacial score (nSPS) is 19.4. The van der Waals surface area contributed by atoms with Crippen LogP contribution in [0.5, 0.6) is 5.75 Å². The van der Waals surface area contributed by atoms with Gasteiger partial charge in [-0.1, -0.05) is 42.5 Å². The number of hydrogen-bond donors (Lipinski definition) is 0. The number of hydrogen-bond acceptors (Lipinski definition) is 2. The van der Waals surface area contributed by atoms with E-state index < -0.39 is 0 Å². The van der Waals surface area contributed by atoms with E-state index in [2.05, 4.69) is 36.1 Å². The quantitative estimate of drug-likeness (QED) is 0.838. The van der Waals surface area contributed by atoms with Crippen molar-refractivity contribution < 1.29 is 4.74 Å². The van der Waals surface area contributed by atoms with E-state index in [0.717, 1.165) is 25.3 Å². The number of aryl methyl sites for hydroxylation is 1. The fourth-order valence-corrected chi connectivity index (χ4v) is 2.97. The van der Waals surface area contributed by atoms with Crippen LogP contribution in [0, 0.1) is 6.92 Å². The molecule has 0 saturated carbocycles. The molecule has 0 spiro atoms. The molecule has 0 aromatic heterocycles. The zero-order valence-corrected chi connectivity index (χ0v) is 12.7. The van der Waals surface area contributed by atoms with Crippen molar-refractivity contribution in [2.45, 2.75) is 32.4 Å². The molecule has 3 rings (SSSR count). The van der Waals surface area contributed by atoms with E-state index in [0.29, 0.717) is 6.10 Å². The zero-order chi connectivity index (χ0) is 14.5. The lowest BCUT2D eigenvalue weighted by Crippen LogP contribution is -2.40. The van der Waals surface area contributed by atoms with Crippen molar-refractivity contribution in [1.29, 1.82) is 0 Å². The van der Waals surface area contributed by atoms with Gasteiger partial charge in [-0.2, -0.15) is 0 Å². The van der Waals surface area contributed by atoms with Crippen LogP contribution in [0.4, 0.5) is 0 Å². The van der Waals surface area contributed by atoms with Gasteiger partial charge in [0.2, 0.25) is 0 Å². The molecule has 2 nitrogen and oxygen atoms in total. The Bertz CT molecular complexity index is 567. The highest BCUT2D eigenvalue weighted by Gasteiger charge is 2.21. The molecule has 0 bridgehead atoms. The van der Waals surface area contributed by atoms with Crippen LogP contribution in [-0.2, 0) is 6.54 Å². The van der Waals surface area contributed by atoms with E-state index in [4.69, 9.17) is 4.74 Å². The van der Waals surface area contributed by atoms with Gasteiger partial charge in [0, 0.05) is 13.1 Å². The molecule has 21 heavy (non-hydrogen) atoms. The van der Waals surface area contributed by atoms with E-state index in [1.54, 1.807) is 0 Å². The van der Waals surface area contributed by atoms with Crippen molar-refractivity contribution in [2.75, 3.05) is 13.1 Å². The van der Waals surface area contributed by atoms with Gasteiger partial charge in [0.25, 0.3) is 0 Å². The van der Waals surface area contributed by atoms with Crippen LogP contribution in [-0.4, -0.2) is 24.1 Å². The summed E-state index contributed by atoms with van der Waals surface area (Å²) in [7, 11) is 0. The Balaban J connectivity index is 1.60. The first-order valence-corrected chi connectivity index (χ1v) is 7.80. The lowest BCUT2D eigenvalue weighted by atomic mass is 10.0. The smallest absolute Gasteiger partial charge is 0.119 e. The molecule has 1 heterocycles. The highest BCUT2D eigenvalue weighted by Crippen LogP contribution is 2.20. The third-order valence-corrected chi connectivity index (χ3v) is 4.16. The van der Waals surface area contributed by atoms with Gasteiger partial charge in [-0.05, 0) is 49.6 Å². The summed E-state index contributed by atoms with van der Waals surface area (Å²) in [5.41, 5.74) is 2.81. The van der Waals surface area contributed by atoms with Crippen molar-refractivity contribution >= 4 is 0 Å². The van der Waals surface area contributed by atoms with Gasteiger partial charge in [-0.25, -0.2) is 0 Å². The molecule has 2 aromatic carbocycles. The van der Waals surface area contributed by atoms with E-state index in [-0.39, 0.29) is 0 Å². The van der Waals surface area contributed by atoms with Gasteiger partial charge in [0.05, 0.1) is 0 Å². The Morgan fingerprint density at radius 2 is 1.81 bits per heavy atom. The molecule has 0 amide bonds. The second-order valence-corrected chi connectivity index (χ2v) is 5.86. The van der Waals surface area contributed by atoms with Crippen LogP contribution in [0.15, 0.2) is 54.6 Å². The highest BCUT2D eigenvalue weighted by molar-refractivity contribution is 5.25. The van der Waals surface area contributed by atoms with Crippen molar-refractivity contribution in [1.82, 2.24) is 4.90 Å². The largest absolute Gasteiger partial charge is 0.489 e. The Hall–Kier alpha value is -1.80. The maximum Gasteiger partial charge on any atom is 0.119 e. The lowest BCUT2D eigenvalue weighted by molar-refractivity contribution is 0.0842. The molecule has 110 valence electrons. The van der Waals surface area contributed by atoms with E-state index >= 15 is 0 Å². The maximum atomic E-state index is 6.11. The summed E-state index contributed by atoms with van der Waals surface area (Å²) in [6.45, 7) is 5.41. The summed E-state index contributed by atoms with van der Waals surface area (Å²) in [6.07, 6.45) is 2.67. The Morgan fingerprint density at radius 1 is 1.05 bits per heavy atom. The average molecular weight is 281 g/mol. The minimum Gasteiger partial charge on any atom is -0.489 e. The van der Waals surface area contributed by atoms with Gasteiger partial charge in [0.15, 0.2) is 0 Å². The molecule has 1 saturated heterocycles. The first-order chi connectivity index (χ1) is 10.3. The van der Waals surface area contributed by atoms with Crippen molar-refractivity contribution in [3.63, 3.8) is 0 Å². The van der Waals surface area contributed by atoms with Gasteiger partial charge in [0.1, 0.15) is 11.9 Å². The first kappa shape index (κ1) is 14.2. The molecular formula is C19H23NO.